The fraction of sp³-hybridized carbons (Fsp3) is 0.667. The molecule has 0 aromatic rings. The van der Waals surface area contributed by atoms with E-state index in [2.05, 4.69) is 20.9 Å². The Morgan fingerprint density at radius 3 is 1.59 bits per heavy atom. The quantitative estimate of drug-likeness (QED) is 0.0495. The summed E-state index contributed by atoms with van der Waals surface area (Å²) in [5.74, 6) is -6.99. The Balaban J connectivity index is 5.72. The molecule has 4 unspecified atom stereocenters. The molecule has 4 atom stereocenters. The lowest BCUT2D eigenvalue weighted by Gasteiger charge is -2.25. The van der Waals surface area contributed by atoms with Gasteiger partial charge in [-0.2, -0.15) is 0 Å². The number of guanidine groups is 1. The van der Waals surface area contributed by atoms with Gasteiger partial charge in [-0.05, 0) is 31.6 Å². The van der Waals surface area contributed by atoms with Gasteiger partial charge in [0.05, 0.1) is 6.04 Å². The van der Waals surface area contributed by atoms with Crippen LogP contribution in [0.4, 0.5) is 0 Å². The largest absolute Gasteiger partial charge is 0.481 e. The number of nitrogens with zero attached hydrogens (tertiary/aromatic N) is 1. The Hall–Kier alpha value is -3.95. The predicted molar refractivity (Wildman–Crippen MR) is 130 cm³/mol. The van der Waals surface area contributed by atoms with Gasteiger partial charge in [0.25, 0.3) is 0 Å². The molecule has 16 nitrogen and oxygen atoms in total. The molecule has 12 N–H and O–H groups in total. The second-order valence-electron chi connectivity index (χ2n) is 8.61. The van der Waals surface area contributed by atoms with Crippen molar-refractivity contribution in [3.05, 3.63) is 0 Å². The lowest BCUT2D eigenvalue weighted by atomic mass is 10.0. The van der Waals surface area contributed by atoms with E-state index in [-0.39, 0.29) is 37.7 Å². The van der Waals surface area contributed by atoms with Crippen LogP contribution in [0, 0.1) is 5.92 Å². The Morgan fingerprint density at radius 1 is 0.730 bits per heavy atom. The first-order chi connectivity index (χ1) is 17.1. The fourth-order valence-electron chi connectivity index (χ4n) is 2.95. The van der Waals surface area contributed by atoms with Crippen LogP contribution in [0.2, 0.25) is 0 Å². The molecule has 0 aliphatic carbocycles. The molecule has 0 heterocycles. The van der Waals surface area contributed by atoms with Crippen molar-refractivity contribution < 1.29 is 44.1 Å². The maximum Gasteiger partial charge on any atom is 0.326 e. The van der Waals surface area contributed by atoms with E-state index in [1.54, 1.807) is 13.8 Å². The highest BCUT2D eigenvalue weighted by Crippen LogP contribution is 2.07. The van der Waals surface area contributed by atoms with Crippen LogP contribution in [-0.2, 0) is 28.8 Å². The van der Waals surface area contributed by atoms with Gasteiger partial charge < -0.3 is 48.5 Å². The zero-order valence-corrected chi connectivity index (χ0v) is 20.8. The first-order valence-corrected chi connectivity index (χ1v) is 11.5. The average molecular weight is 532 g/mol. The van der Waals surface area contributed by atoms with Crippen LogP contribution in [0.5, 0.6) is 0 Å². The molecule has 210 valence electrons. The van der Waals surface area contributed by atoms with E-state index in [0.717, 1.165) is 0 Å². The van der Waals surface area contributed by atoms with Crippen molar-refractivity contribution in [3.8, 4) is 0 Å². The molecule has 0 spiro atoms. The topological polar surface area (TPSA) is 290 Å². The molecule has 0 aromatic carbocycles. The molecule has 37 heavy (non-hydrogen) atoms. The van der Waals surface area contributed by atoms with Crippen molar-refractivity contribution in [2.75, 3.05) is 6.54 Å². The lowest BCUT2D eigenvalue weighted by molar-refractivity contribution is -0.143. The maximum atomic E-state index is 13.0. The fourth-order valence-corrected chi connectivity index (χ4v) is 2.95. The third kappa shape index (κ3) is 14.3. The summed E-state index contributed by atoms with van der Waals surface area (Å²) in [6.07, 6.45) is -1.62. The van der Waals surface area contributed by atoms with Gasteiger partial charge in [0.15, 0.2) is 5.96 Å². The Kier molecular flexibility index (Phi) is 14.9. The van der Waals surface area contributed by atoms with Gasteiger partial charge in [-0.3, -0.25) is 29.0 Å². The molecule has 0 aliphatic heterocycles. The number of hydrogen-bond acceptors (Lipinski definition) is 8. The minimum absolute atomic E-state index is 0.0648. The van der Waals surface area contributed by atoms with E-state index in [9.17, 15) is 33.9 Å². The number of carboxylic acid groups (broad SMARTS) is 3. The van der Waals surface area contributed by atoms with Gasteiger partial charge in [0.2, 0.25) is 17.7 Å². The van der Waals surface area contributed by atoms with E-state index in [4.69, 9.17) is 27.4 Å². The summed E-state index contributed by atoms with van der Waals surface area (Å²) in [5.41, 5.74) is 16.3. The van der Waals surface area contributed by atoms with Gasteiger partial charge in [-0.25, -0.2) is 4.79 Å². The Bertz CT molecular complexity index is 859. The van der Waals surface area contributed by atoms with Crippen molar-refractivity contribution in [3.63, 3.8) is 0 Å². The number of aliphatic carboxylic acids is 3. The average Bonchev–Trinajstić information content (AvgIpc) is 2.79. The molecule has 0 saturated carbocycles. The highest BCUT2D eigenvalue weighted by Gasteiger charge is 2.31. The van der Waals surface area contributed by atoms with Crippen molar-refractivity contribution in [1.82, 2.24) is 16.0 Å². The number of amides is 3. The summed E-state index contributed by atoms with van der Waals surface area (Å²) in [5, 5.41) is 34.1. The van der Waals surface area contributed by atoms with Crippen LogP contribution < -0.4 is 33.2 Å². The van der Waals surface area contributed by atoms with Gasteiger partial charge >= 0.3 is 17.9 Å². The summed E-state index contributed by atoms with van der Waals surface area (Å²) in [7, 11) is 0. The number of carboxylic acids is 3. The number of carbonyl (C=O) groups is 6. The van der Waals surface area contributed by atoms with Crippen LogP contribution in [-0.4, -0.2) is 87.6 Å². The second-order valence-corrected chi connectivity index (χ2v) is 8.61. The smallest absolute Gasteiger partial charge is 0.326 e. The van der Waals surface area contributed by atoms with Crippen LogP contribution in [0.15, 0.2) is 4.99 Å². The minimum atomic E-state index is -1.55. The van der Waals surface area contributed by atoms with Gasteiger partial charge in [0.1, 0.15) is 18.1 Å². The molecule has 0 fully saturated rings. The Labute approximate surface area is 213 Å². The molecule has 0 rings (SSSR count). The second kappa shape index (κ2) is 16.7. The molecule has 0 radical (unpaired) electrons. The Morgan fingerprint density at radius 2 is 1.16 bits per heavy atom. The zero-order valence-electron chi connectivity index (χ0n) is 20.8. The number of carbonyl (C=O) groups excluding carboxylic acids is 3. The van der Waals surface area contributed by atoms with Gasteiger partial charge in [0, 0.05) is 19.4 Å². The van der Waals surface area contributed by atoms with Gasteiger partial charge in [-0.1, -0.05) is 13.8 Å². The summed E-state index contributed by atoms with van der Waals surface area (Å²) < 4.78 is 0. The van der Waals surface area contributed by atoms with E-state index >= 15 is 0 Å². The van der Waals surface area contributed by atoms with Crippen molar-refractivity contribution in [2.24, 2.45) is 28.1 Å². The normalized spacial score (nSPS) is 13.9. The number of hydrogen-bond donors (Lipinski definition) is 9. The number of rotatable bonds is 18. The molecule has 3 amide bonds. The first-order valence-electron chi connectivity index (χ1n) is 11.5. The summed E-state index contributed by atoms with van der Waals surface area (Å²) >= 11 is 0. The van der Waals surface area contributed by atoms with Gasteiger partial charge in [-0.15, -0.1) is 0 Å². The monoisotopic (exact) mass is 531 g/mol. The van der Waals surface area contributed by atoms with Crippen LogP contribution >= 0.6 is 0 Å². The molecule has 0 aromatic heterocycles. The molecular weight excluding hydrogens is 494 g/mol. The highest BCUT2D eigenvalue weighted by atomic mass is 16.4. The number of nitrogens with two attached hydrogens (primary N) is 3. The van der Waals surface area contributed by atoms with Crippen molar-refractivity contribution in [1.29, 1.82) is 0 Å². The van der Waals surface area contributed by atoms with E-state index < -0.39 is 79.1 Å². The zero-order chi connectivity index (χ0) is 28.7. The predicted octanol–water partition coefficient (Wildman–Crippen LogP) is -2.71. The lowest BCUT2D eigenvalue weighted by Crippen LogP contribution is -2.57. The molecule has 0 saturated heterocycles. The van der Waals surface area contributed by atoms with Crippen LogP contribution in [0.3, 0.4) is 0 Å². The summed E-state index contributed by atoms with van der Waals surface area (Å²) in [6.45, 7) is 3.43. The SMILES string of the molecule is CC(C)C(N)C(=O)NC(CCC(=O)O)C(=O)NC(CCCN=C(N)N)C(=O)NC(CCC(=O)O)C(=O)O. The molecular formula is C21H37N7O9. The first kappa shape index (κ1) is 33.0. The minimum Gasteiger partial charge on any atom is -0.481 e. The summed E-state index contributed by atoms with van der Waals surface area (Å²) in [6, 6.07) is -5.23. The third-order valence-corrected chi connectivity index (χ3v) is 5.14. The van der Waals surface area contributed by atoms with Crippen molar-refractivity contribution >= 4 is 41.6 Å². The van der Waals surface area contributed by atoms with Crippen LogP contribution in [0.1, 0.15) is 52.4 Å². The van der Waals surface area contributed by atoms with E-state index in [0.29, 0.717) is 0 Å². The van der Waals surface area contributed by atoms with Crippen LogP contribution in [0.25, 0.3) is 0 Å². The number of nitrogens with one attached hydrogen (secondary N) is 3. The number of aliphatic imine (C=N–C) groups is 1. The molecule has 0 bridgehead atoms. The molecule has 16 heteroatoms. The summed E-state index contributed by atoms with van der Waals surface area (Å²) in [4.78, 5) is 75.3. The highest BCUT2D eigenvalue weighted by molar-refractivity contribution is 5.94. The maximum absolute atomic E-state index is 13.0. The van der Waals surface area contributed by atoms with E-state index in [1.165, 1.54) is 0 Å². The van der Waals surface area contributed by atoms with E-state index in [1.807, 2.05) is 0 Å². The van der Waals surface area contributed by atoms with Crippen molar-refractivity contribution in [2.45, 2.75) is 76.5 Å². The standard InChI is InChI=1S/C21H37N7O9/c1-10(2)16(22)19(35)27-12(5-7-14(29)30)18(34)26-11(4-3-9-25-21(23)24)17(33)28-13(20(36)37)6-8-15(31)32/h10-13,16H,3-9,22H2,1-2H3,(H,26,34)(H,27,35)(H,28,33)(H,29,30)(H,31,32)(H,36,37)(H4,23,24,25). The third-order valence-electron chi connectivity index (χ3n) is 5.14. The molecule has 0 aliphatic rings.